The van der Waals surface area contributed by atoms with Crippen LogP contribution in [0.4, 0.5) is 5.69 Å². The van der Waals surface area contributed by atoms with Gasteiger partial charge >= 0.3 is 0 Å². The van der Waals surface area contributed by atoms with Crippen molar-refractivity contribution >= 4 is 17.5 Å². The normalized spacial score (nSPS) is 15.8. The molecule has 1 N–H and O–H groups in total. The van der Waals surface area contributed by atoms with Gasteiger partial charge in [-0.25, -0.2) is 0 Å². The van der Waals surface area contributed by atoms with Crippen molar-refractivity contribution < 1.29 is 23.8 Å². The van der Waals surface area contributed by atoms with Crippen LogP contribution in [0.3, 0.4) is 0 Å². The zero-order valence-electron chi connectivity index (χ0n) is 17.6. The van der Waals surface area contributed by atoms with Gasteiger partial charge in [0.05, 0.1) is 13.5 Å². The van der Waals surface area contributed by atoms with Crippen molar-refractivity contribution in [2.45, 2.75) is 32.4 Å². The molecular formula is C23H28N2O5. The molecule has 7 nitrogen and oxygen atoms in total. The van der Waals surface area contributed by atoms with Crippen molar-refractivity contribution in [1.82, 2.24) is 4.90 Å². The van der Waals surface area contributed by atoms with E-state index in [0.29, 0.717) is 31.1 Å². The first-order valence-corrected chi connectivity index (χ1v) is 10.00. The number of fused-ring (bicyclic) bond motifs is 1. The number of nitrogens with zero attached hydrogens (tertiary/aromatic N) is 1. The van der Waals surface area contributed by atoms with Gasteiger partial charge in [0.15, 0.2) is 6.10 Å². The number of methoxy groups -OCH3 is 2. The smallest absolute Gasteiger partial charge is 0.263 e. The van der Waals surface area contributed by atoms with E-state index in [1.807, 2.05) is 30.3 Å². The monoisotopic (exact) mass is 412 g/mol. The summed E-state index contributed by atoms with van der Waals surface area (Å²) in [5.74, 6) is 1.26. The second-order valence-electron chi connectivity index (χ2n) is 7.26. The van der Waals surface area contributed by atoms with Crippen LogP contribution < -0.4 is 14.8 Å². The Morgan fingerprint density at radius 1 is 1.20 bits per heavy atom. The summed E-state index contributed by atoms with van der Waals surface area (Å²) in [6, 6.07) is 12.9. The van der Waals surface area contributed by atoms with Crippen molar-refractivity contribution in [2.75, 3.05) is 32.7 Å². The Morgan fingerprint density at radius 3 is 2.67 bits per heavy atom. The first kappa shape index (κ1) is 21.6. The summed E-state index contributed by atoms with van der Waals surface area (Å²) in [5, 5.41) is 2.93. The lowest BCUT2D eigenvalue weighted by Gasteiger charge is -2.22. The highest BCUT2D eigenvalue weighted by molar-refractivity contribution is 5.92. The first-order valence-electron chi connectivity index (χ1n) is 10.00. The van der Waals surface area contributed by atoms with Crippen LogP contribution in [0.25, 0.3) is 0 Å². The lowest BCUT2D eigenvalue weighted by atomic mass is 10.1. The van der Waals surface area contributed by atoms with Crippen LogP contribution in [0.2, 0.25) is 0 Å². The third kappa shape index (κ3) is 5.51. The Balaban J connectivity index is 1.68. The molecule has 0 spiro atoms. The second kappa shape index (κ2) is 10.1. The highest BCUT2D eigenvalue weighted by Gasteiger charge is 2.27. The molecule has 160 valence electrons. The van der Waals surface area contributed by atoms with E-state index < -0.39 is 6.10 Å². The zero-order valence-corrected chi connectivity index (χ0v) is 17.6. The van der Waals surface area contributed by atoms with Gasteiger partial charge in [-0.05, 0) is 49.2 Å². The zero-order chi connectivity index (χ0) is 21.5. The molecular weight excluding hydrogens is 384 g/mol. The van der Waals surface area contributed by atoms with Crippen molar-refractivity contribution in [1.29, 1.82) is 0 Å². The number of hydrogen-bond acceptors (Lipinski definition) is 5. The quantitative estimate of drug-likeness (QED) is 0.675. The molecule has 0 aliphatic carbocycles. The number of nitrogens with one attached hydrogen (secondary N) is 1. The molecule has 0 fully saturated rings. The molecule has 3 rings (SSSR count). The van der Waals surface area contributed by atoms with Crippen molar-refractivity contribution in [3.05, 3.63) is 53.6 Å². The maximum absolute atomic E-state index is 12.6. The predicted octanol–water partition coefficient (Wildman–Crippen LogP) is 3.02. The van der Waals surface area contributed by atoms with Crippen LogP contribution in [0.5, 0.6) is 11.5 Å². The standard InChI is InChI=1S/C23H28N2O5/c1-16-23(27)25(11-4-12-28-2)15-18-14-19(7-10-21(18)30-16)24-22(26)13-17-5-8-20(29-3)9-6-17/h5-10,14,16H,4,11-13,15H2,1-3H3,(H,24,26). The Bertz CT molecular complexity index is 882. The number of ether oxygens (including phenoxy) is 3. The van der Waals surface area contributed by atoms with E-state index in [0.717, 1.165) is 23.3 Å². The Morgan fingerprint density at radius 2 is 1.97 bits per heavy atom. The van der Waals surface area contributed by atoms with E-state index in [1.165, 1.54) is 0 Å². The molecule has 0 aromatic heterocycles. The van der Waals surface area contributed by atoms with Crippen molar-refractivity contribution in [3.8, 4) is 11.5 Å². The van der Waals surface area contributed by atoms with E-state index in [1.54, 1.807) is 38.2 Å². The Kier molecular flexibility index (Phi) is 7.30. The van der Waals surface area contributed by atoms with Gasteiger partial charge in [-0.1, -0.05) is 12.1 Å². The largest absolute Gasteiger partial charge is 0.497 e. The molecule has 2 aromatic carbocycles. The van der Waals surface area contributed by atoms with Crippen molar-refractivity contribution in [3.63, 3.8) is 0 Å². The van der Waals surface area contributed by atoms with Crippen LogP contribution in [-0.4, -0.2) is 50.2 Å². The molecule has 0 bridgehead atoms. The van der Waals surface area contributed by atoms with E-state index >= 15 is 0 Å². The third-order valence-corrected chi connectivity index (χ3v) is 4.97. The molecule has 30 heavy (non-hydrogen) atoms. The fraction of sp³-hybridized carbons (Fsp3) is 0.391. The number of hydrogen-bond donors (Lipinski definition) is 1. The van der Waals surface area contributed by atoms with Crippen LogP contribution in [0.1, 0.15) is 24.5 Å². The SMILES string of the molecule is COCCCN1Cc2cc(NC(=O)Cc3ccc(OC)cc3)ccc2OC(C)C1=O. The van der Waals surface area contributed by atoms with Crippen LogP contribution >= 0.6 is 0 Å². The molecule has 7 heteroatoms. The fourth-order valence-electron chi connectivity index (χ4n) is 3.40. The summed E-state index contributed by atoms with van der Waals surface area (Å²) in [7, 11) is 3.25. The van der Waals surface area contributed by atoms with Gasteiger partial charge in [0.2, 0.25) is 5.91 Å². The molecule has 0 saturated heterocycles. The highest BCUT2D eigenvalue weighted by atomic mass is 16.5. The average molecular weight is 412 g/mol. The lowest BCUT2D eigenvalue weighted by molar-refractivity contribution is -0.137. The molecule has 0 radical (unpaired) electrons. The molecule has 1 aliphatic heterocycles. The molecule has 1 aliphatic rings. The third-order valence-electron chi connectivity index (χ3n) is 4.97. The fourth-order valence-corrected chi connectivity index (χ4v) is 3.40. The molecule has 1 unspecified atom stereocenters. The van der Waals surface area contributed by atoms with Gasteiger partial charge in [-0.3, -0.25) is 9.59 Å². The Hall–Kier alpha value is -3.06. The lowest BCUT2D eigenvalue weighted by Crippen LogP contribution is -2.38. The minimum atomic E-state index is -0.552. The maximum atomic E-state index is 12.6. The van der Waals surface area contributed by atoms with Gasteiger partial charge in [0.1, 0.15) is 11.5 Å². The number of benzene rings is 2. The van der Waals surface area contributed by atoms with E-state index in [-0.39, 0.29) is 18.2 Å². The summed E-state index contributed by atoms with van der Waals surface area (Å²) in [6.45, 7) is 3.37. The minimum absolute atomic E-state index is 0.0487. The summed E-state index contributed by atoms with van der Waals surface area (Å²) in [6.07, 6.45) is 0.461. The van der Waals surface area contributed by atoms with Gasteiger partial charge in [0, 0.05) is 38.1 Å². The molecule has 1 heterocycles. The number of carbonyl (C=O) groups is 2. The average Bonchev–Trinajstić information content (AvgIpc) is 2.85. The molecule has 2 amide bonds. The van der Waals surface area contributed by atoms with Crippen LogP contribution in [-0.2, 0) is 27.3 Å². The van der Waals surface area contributed by atoms with E-state index in [2.05, 4.69) is 5.32 Å². The highest BCUT2D eigenvalue weighted by Crippen LogP contribution is 2.29. The minimum Gasteiger partial charge on any atom is -0.497 e. The maximum Gasteiger partial charge on any atom is 0.263 e. The van der Waals surface area contributed by atoms with E-state index in [4.69, 9.17) is 14.2 Å². The van der Waals surface area contributed by atoms with Crippen LogP contribution in [0.15, 0.2) is 42.5 Å². The first-order chi connectivity index (χ1) is 14.5. The van der Waals surface area contributed by atoms with Crippen molar-refractivity contribution in [2.24, 2.45) is 0 Å². The molecule has 0 saturated carbocycles. The second-order valence-corrected chi connectivity index (χ2v) is 7.26. The molecule has 2 aromatic rings. The summed E-state index contributed by atoms with van der Waals surface area (Å²) in [5.41, 5.74) is 2.44. The van der Waals surface area contributed by atoms with Gasteiger partial charge in [0.25, 0.3) is 5.91 Å². The summed E-state index contributed by atoms with van der Waals surface area (Å²) in [4.78, 5) is 26.8. The van der Waals surface area contributed by atoms with Gasteiger partial charge < -0.3 is 24.4 Å². The summed E-state index contributed by atoms with van der Waals surface area (Å²) < 4.78 is 16.1. The molecule has 1 atom stereocenters. The number of amides is 2. The number of carbonyl (C=O) groups excluding carboxylic acids is 2. The number of rotatable bonds is 8. The van der Waals surface area contributed by atoms with E-state index in [9.17, 15) is 9.59 Å². The topological polar surface area (TPSA) is 77.1 Å². The number of anilines is 1. The summed E-state index contributed by atoms with van der Waals surface area (Å²) >= 11 is 0. The van der Waals surface area contributed by atoms with Gasteiger partial charge in [-0.2, -0.15) is 0 Å². The Labute approximate surface area is 176 Å². The van der Waals surface area contributed by atoms with Crippen LogP contribution in [0, 0.1) is 0 Å². The van der Waals surface area contributed by atoms with Gasteiger partial charge in [-0.15, -0.1) is 0 Å². The predicted molar refractivity (Wildman–Crippen MR) is 114 cm³/mol.